The monoisotopic (exact) mass is 571 g/mol. The van der Waals surface area contributed by atoms with Gasteiger partial charge in [-0.25, -0.2) is 15.2 Å². The number of phenolic OH excluding ortho intramolecular Hbond substituents is 1. The molecule has 5 rings (SSSR count). The zero-order chi connectivity index (χ0) is 26.5. The molecule has 1 aromatic heterocycles. The summed E-state index contributed by atoms with van der Waals surface area (Å²) in [5.74, 6) is 0.391. The van der Waals surface area contributed by atoms with E-state index in [2.05, 4.69) is 31.8 Å². The average molecular weight is 572 g/mol. The number of aromatic nitrogens is 1. The van der Waals surface area contributed by atoms with Crippen LogP contribution in [-0.4, -0.2) is 48.6 Å². The number of hydrogen-bond donors (Lipinski definition) is 3. The van der Waals surface area contributed by atoms with Gasteiger partial charge in [0, 0.05) is 46.0 Å². The first-order valence-corrected chi connectivity index (χ1v) is 13.2. The predicted octanol–water partition coefficient (Wildman–Crippen LogP) is 5.88. The molecule has 3 aromatic carbocycles. The van der Waals surface area contributed by atoms with Gasteiger partial charge in [-0.15, -0.1) is 0 Å². The summed E-state index contributed by atoms with van der Waals surface area (Å²) in [4.78, 5) is 19.0. The van der Waals surface area contributed by atoms with Crippen LogP contribution in [0.15, 0.2) is 59.7 Å². The number of morpholine rings is 1. The number of ether oxygens (including phenoxy) is 2. The lowest BCUT2D eigenvalue weighted by molar-refractivity contribution is 0.122. The molecule has 0 saturated carbocycles. The molecule has 0 bridgehead atoms. The number of benzene rings is 3. The molecule has 38 heavy (non-hydrogen) atoms. The SMILES string of the molecule is O=C(N/N=C/c1ccc(OCc2ccc(Cl)cc2Cl)cc1O)Nc1nc2ccc(N3CCOCC3)cc2s1. The molecular formula is C26H23Cl2N5O4S. The van der Waals surface area contributed by atoms with E-state index in [1.54, 1.807) is 30.3 Å². The van der Waals surface area contributed by atoms with E-state index in [0.717, 1.165) is 34.6 Å². The minimum atomic E-state index is -0.548. The molecule has 1 saturated heterocycles. The van der Waals surface area contributed by atoms with Gasteiger partial charge >= 0.3 is 6.03 Å². The normalized spacial score (nSPS) is 13.7. The van der Waals surface area contributed by atoms with E-state index in [1.807, 2.05) is 12.1 Å². The quantitative estimate of drug-likeness (QED) is 0.189. The van der Waals surface area contributed by atoms with Crippen LogP contribution in [0.25, 0.3) is 10.2 Å². The van der Waals surface area contributed by atoms with Gasteiger partial charge in [0.1, 0.15) is 18.1 Å². The number of aromatic hydroxyl groups is 1. The van der Waals surface area contributed by atoms with Crippen LogP contribution in [0.1, 0.15) is 11.1 Å². The number of rotatable bonds is 7. The number of halogens is 2. The Hall–Kier alpha value is -3.57. The van der Waals surface area contributed by atoms with E-state index in [9.17, 15) is 9.90 Å². The molecule has 0 aliphatic carbocycles. The summed E-state index contributed by atoms with van der Waals surface area (Å²) in [6.07, 6.45) is 1.34. The minimum absolute atomic E-state index is 0.0575. The number of thiazole rings is 1. The number of carbonyl (C=O) groups is 1. The van der Waals surface area contributed by atoms with Gasteiger partial charge in [0.25, 0.3) is 0 Å². The van der Waals surface area contributed by atoms with Gasteiger partial charge in [0.05, 0.1) is 29.6 Å². The van der Waals surface area contributed by atoms with Crippen molar-refractivity contribution in [3.05, 3.63) is 75.8 Å². The van der Waals surface area contributed by atoms with Crippen LogP contribution in [0.3, 0.4) is 0 Å². The summed E-state index contributed by atoms with van der Waals surface area (Å²) in [6.45, 7) is 3.33. The third-order valence-electron chi connectivity index (χ3n) is 5.75. The van der Waals surface area contributed by atoms with Crippen LogP contribution in [0, 0.1) is 0 Å². The highest BCUT2D eigenvalue weighted by Crippen LogP contribution is 2.30. The highest BCUT2D eigenvalue weighted by atomic mass is 35.5. The Morgan fingerprint density at radius 3 is 2.79 bits per heavy atom. The molecule has 0 atom stereocenters. The Bertz CT molecular complexity index is 1490. The molecule has 1 fully saturated rings. The largest absolute Gasteiger partial charge is 0.507 e. The number of phenols is 1. The summed E-state index contributed by atoms with van der Waals surface area (Å²) in [7, 11) is 0. The predicted molar refractivity (Wildman–Crippen MR) is 151 cm³/mol. The summed E-state index contributed by atoms with van der Waals surface area (Å²) in [5.41, 5.74) is 5.46. The van der Waals surface area contributed by atoms with E-state index in [-0.39, 0.29) is 12.4 Å². The average Bonchev–Trinajstić information content (AvgIpc) is 3.31. The van der Waals surface area contributed by atoms with Crippen molar-refractivity contribution in [2.75, 3.05) is 36.5 Å². The van der Waals surface area contributed by atoms with Crippen LogP contribution >= 0.6 is 34.5 Å². The Labute approximate surface area is 232 Å². The molecule has 1 aliphatic heterocycles. The second-order valence-electron chi connectivity index (χ2n) is 8.34. The molecule has 2 amide bonds. The van der Waals surface area contributed by atoms with Crippen molar-refractivity contribution in [2.24, 2.45) is 5.10 Å². The number of anilines is 2. The molecule has 2 heterocycles. The molecule has 1 aliphatic rings. The van der Waals surface area contributed by atoms with E-state index >= 15 is 0 Å². The summed E-state index contributed by atoms with van der Waals surface area (Å²) < 4.78 is 12.1. The van der Waals surface area contributed by atoms with Crippen molar-refractivity contribution in [3.8, 4) is 11.5 Å². The Morgan fingerprint density at radius 1 is 1.16 bits per heavy atom. The fourth-order valence-electron chi connectivity index (χ4n) is 3.79. The number of carbonyl (C=O) groups excluding carboxylic acids is 1. The van der Waals surface area contributed by atoms with Gasteiger partial charge in [0.2, 0.25) is 0 Å². The molecule has 0 spiro atoms. The molecule has 12 heteroatoms. The van der Waals surface area contributed by atoms with Crippen molar-refractivity contribution in [1.82, 2.24) is 10.4 Å². The highest BCUT2D eigenvalue weighted by molar-refractivity contribution is 7.22. The van der Waals surface area contributed by atoms with Crippen molar-refractivity contribution >= 4 is 67.8 Å². The molecule has 3 N–H and O–H groups in total. The molecule has 0 radical (unpaired) electrons. The van der Waals surface area contributed by atoms with E-state index in [1.165, 1.54) is 23.6 Å². The van der Waals surface area contributed by atoms with Gasteiger partial charge in [-0.1, -0.05) is 40.6 Å². The Balaban J connectivity index is 1.14. The minimum Gasteiger partial charge on any atom is -0.507 e. The third kappa shape index (κ3) is 6.46. The molecule has 9 nitrogen and oxygen atoms in total. The lowest BCUT2D eigenvalue weighted by Gasteiger charge is -2.28. The number of nitrogens with zero attached hydrogens (tertiary/aromatic N) is 3. The summed E-state index contributed by atoms with van der Waals surface area (Å²) in [5, 5.41) is 18.4. The van der Waals surface area contributed by atoms with E-state index in [4.69, 9.17) is 32.7 Å². The lowest BCUT2D eigenvalue weighted by Crippen LogP contribution is -2.36. The van der Waals surface area contributed by atoms with Crippen molar-refractivity contribution < 1.29 is 19.4 Å². The van der Waals surface area contributed by atoms with Crippen LogP contribution < -0.4 is 20.4 Å². The van der Waals surface area contributed by atoms with E-state index < -0.39 is 6.03 Å². The van der Waals surface area contributed by atoms with Gasteiger partial charge in [-0.05, 0) is 42.5 Å². The zero-order valence-electron chi connectivity index (χ0n) is 20.0. The molecule has 196 valence electrons. The number of hydrogen-bond acceptors (Lipinski definition) is 8. The topological polar surface area (TPSA) is 108 Å². The first-order chi connectivity index (χ1) is 18.4. The fourth-order valence-corrected chi connectivity index (χ4v) is 5.15. The number of urea groups is 1. The number of hydrazone groups is 1. The zero-order valence-corrected chi connectivity index (χ0v) is 22.3. The van der Waals surface area contributed by atoms with Crippen LogP contribution in [-0.2, 0) is 11.3 Å². The summed E-state index contributed by atoms with van der Waals surface area (Å²) in [6, 6.07) is 15.4. The van der Waals surface area contributed by atoms with Crippen molar-refractivity contribution in [3.63, 3.8) is 0 Å². The van der Waals surface area contributed by atoms with Gasteiger partial charge in [-0.3, -0.25) is 5.32 Å². The smallest absolute Gasteiger partial charge is 0.341 e. The second kappa shape index (κ2) is 11.9. The fraction of sp³-hybridized carbons (Fsp3) is 0.192. The van der Waals surface area contributed by atoms with E-state index in [0.29, 0.717) is 39.7 Å². The molecule has 0 unspecified atom stereocenters. The third-order valence-corrected chi connectivity index (χ3v) is 7.27. The number of amides is 2. The number of nitrogens with one attached hydrogen (secondary N) is 2. The first kappa shape index (κ1) is 26.1. The highest BCUT2D eigenvalue weighted by Gasteiger charge is 2.14. The maximum Gasteiger partial charge on any atom is 0.341 e. The van der Waals surface area contributed by atoms with Crippen molar-refractivity contribution in [2.45, 2.75) is 6.61 Å². The van der Waals surface area contributed by atoms with Gasteiger partial charge in [-0.2, -0.15) is 5.10 Å². The maximum atomic E-state index is 12.3. The standard InChI is InChI=1S/C26H23Cl2N5O4S/c27-18-3-1-17(21(28)11-18)15-37-20-5-2-16(23(34)13-20)14-29-32-25(35)31-26-30-22-6-4-19(12-24(22)38-26)33-7-9-36-10-8-33/h1-6,11-14,34H,7-10,15H2,(H2,30,31,32,35)/b29-14+. The second-order valence-corrected chi connectivity index (χ2v) is 10.2. The van der Waals surface area contributed by atoms with Crippen LogP contribution in [0.5, 0.6) is 11.5 Å². The molecular weight excluding hydrogens is 549 g/mol. The summed E-state index contributed by atoms with van der Waals surface area (Å²) >= 11 is 13.5. The molecule has 4 aromatic rings. The Morgan fingerprint density at radius 2 is 2.00 bits per heavy atom. The van der Waals surface area contributed by atoms with Crippen LogP contribution in [0.2, 0.25) is 10.0 Å². The van der Waals surface area contributed by atoms with Crippen molar-refractivity contribution in [1.29, 1.82) is 0 Å². The Kier molecular flexibility index (Phi) is 8.14. The first-order valence-electron chi connectivity index (χ1n) is 11.7. The maximum absolute atomic E-state index is 12.3. The number of fused-ring (bicyclic) bond motifs is 1. The van der Waals surface area contributed by atoms with Crippen LogP contribution in [0.4, 0.5) is 15.6 Å². The lowest BCUT2D eigenvalue weighted by atomic mass is 10.2. The van der Waals surface area contributed by atoms with Gasteiger partial charge < -0.3 is 19.5 Å². The van der Waals surface area contributed by atoms with Gasteiger partial charge in [0.15, 0.2) is 5.13 Å².